The first-order valence-electron chi connectivity index (χ1n) is 10.3. The molecule has 3 heterocycles. The maximum Gasteiger partial charge on any atom is 0.265 e. The molecule has 0 radical (unpaired) electrons. The zero-order chi connectivity index (χ0) is 21.1. The molecule has 0 aliphatic carbocycles. The SMILES string of the molecule is Cc1cc(OCC2CCN(C)CC2)c(C(=O)NCc2ccc3c(N)nccc3c2)s1. The van der Waals surface area contributed by atoms with E-state index in [1.54, 1.807) is 6.20 Å². The van der Waals surface area contributed by atoms with Crippen LogP contribution in [0.5, 0.6) is 5.75 Å². The largest absolute Gasteiger partial charge is 0.492 e. The van der Waals surface area contributed by atoms with Gasteiger partial charge in [-0.1, -0.05) is 12.1 Å². The lowest BCUT2D eigenvalue weighted by Gasteiger charge is -2.28. The third kappa shape index (κ3) is 4.74. The average Bonchev–Trinajstić information content (AvgIpc) is 3.12. The van der Waals surface area contributed by atoms with Gasteiger partial charge in [0.15, 0.2) is 0 Å². The molecular formula is C23H28N4O2S. The van der Waals surface area contributed by atoms with E-state index in [1.807, 2.05) is 37.3 Å². The van der Waals surface area contributed by atoms with Crippen molar-refractivity contribution in [2.45, 2.75) is 26.3 Å². The van der Waals surface area contributed by atoms with Gasteiger partial charge in [0.25, 0.3) is 5.91 Å². The number of nitrogens with zero attached hydrogens (tertiary/aromatic N) is 2. The minimum Gasteiger partial charge on any atom is -0.492 e. The third-order valence-electron chi connectivity index (χ3n) is 5.65. The molecule has 1 saturated heterocycles. The maximum absolute atomic E-state index is 12.8. The van der Waals surface area contributed by atoms with Gasteiger partial charge in [-0.3, -0.25) is 4.79 Å². The van der Waals surface area contributed by atoms with Crippen molar-refractivity contribution in [1.29, 1.82) is 0 Å². The van der Waals surface area contributed by atoms with Crippen LogP contribution in [0, 0.1) is 12.8 Å². The fourth-order valence-corrected chi connectivity index (χ4v) is 4.69. The zero-order valence-electron chi connectivity index (χ0n) is 17.5. The van der Waals surface area contributed by atoms with E-state index in [0.717, 1.165) is 47.1 Å². The molecule has 1 aliphatic heterocycles. The summed E-state index contributed by atoms with van der Waals surface area (Å²) in [4.78, 5) is 21.0. The van der Waals surface area contributed by atoms with Crippen molar-refractivity contribution in [3.63, 3.8) is 0 Å². The number of nitrogen functional groups attached to an aromatic ring is 1. The van der Waals surface area contributed by atoms with Crippen LogP contribution in [0.4, 0.5) is 5.82 Å². The number of hydrogen-bond donors (Lipinski definition) is 2. The molecule has 0 atom stereocenters. The fourth-order valence-electron chi connectivity index (χ4n) is 3.82. The minimum atomic E-state index is -0.0965. The lowest BCUT2D eigenvalue weighted by Crippen LogP contribution is -2.32. The molecule has 158 valence electrons. The minimum absolute atomic E-state index is 0.0965. The number of aryl methyl sites for hydroxylation is 1. The molecule has 4 rings (SSSR count). The summed E-state index contributed by atoms with van der Waals surface area (Å²) in [5, 5.41) is 4.97. The molecule has 1 aliphatic rings. The number of fused-ring (bicyclic) bond motifs is 1. The highest BCUT2D eigenvalue weighted by Gasteiger charge is 2.20. The van der Waals surface area contributed by atoms with Crippen molar-refractivity contribution in [3.8, 4) is 5.75 Å². The average molecular weight is 425 g/mol. The number of likely N-dealkylation sites (tertiary alicyclic amines) is 1. The van der Waals surface area contributed by atoms with Gasteiger partial charge in [-0.25, -0.2) is 4.98 Å². The number of nitrogens with two attached hydrogens (primary N) is 1. The number of carbonyl (C=O) groups is 1. The first kappa shape index (κ1) is 20.6. The Kier molecular flexibility index (Phi) is 6.20. The molecule has 2 aromatic heterocycles. The van der Waals surface area contributed by atoms with Crippen LogP contribution in [-0.2, 0) is 6.54 Å². The Bertz CT molecular complexity index is 1040. The number of anilines is 1. The van der Waals surface area contributed by atoms with Gasteiger partial charge in [-0.15, -0.1) is 11.3 Å². The molecule has 1 amide bonds. The van der Waals surface area contributed by atoms with E-state index in [0.29, 0.717) is 35.5 Å². The molecule has 7 heteroatoms. The molecule has 1 aromatic carbocycles. The highest BCUT2D eigenvalue weighted by Crippen LogP contribution is 2.30. The first-order valence-corrected chi connectivity index (χ1v) is 11.1. The lowest BCUT2D eigenvalue weighted by atomic mass is 9.98. The summed E-state index contributed by atoms with van der Waals surface area (Å²) in [6, 6.07) is 9.85. The van der Waals surface area contributed by atoms with E-state index in [1.165, 1.54) is 11.3 Å². The number of piperidine rings is 1. The second kappa shape index (κ2) is 9.02. The van der Waals surface area contributed by atoms with Crippen LogP contribution in [0.1, 0.15) is 33.0 Å². The summed E-state index contributed by atoms with van der Waals surface area (Å²) in [5.74, 6) is 1.67. The molecule has 1 fully saturated rings. The summed E-state index contributed by atoms with van der Waals surface area (Å²) in [6.07, 6.45) is 3.98. The Morgan fingerprint density at radius 1 is 1.30 bits per heavy atom. The van der Waals surface area contributed by atoms with Crippen LogP contribution in [0.2, 0.25) is 0 Å². The number of rotatable bonds is 6. The van der Waals surface area contributed by atoms with E-state index in [-0.39, 0.29) is 5.91 Å². The summed E-state index contributed by atoms with van der Waals surface area (Å²) < 4.78 is 6.09. The number of ether oxygens (including phenoxy) is 1. The highest BCUT2D eigenvalue weighted by molar-refractivity contribution is 7.14. The summed E-state index contributed by atoms with van der Waals surface area (Å²) >= 11 is 1.48. The van der Waals surface area contributed by atoms with E-state index in [4.69, 9.17) is 10.5 Å². The van der Waals surface area contributed by atoms with Gasteiger partial charge < -0.3 is 20.7 Å². The highest BCUT2D eigenvalue weighted by atomic mass is 32.1. The monoisotopic (exact) mass is 424 g/mol. The predicted octanol–water partition coefficient (Wildman–Crippen LogP) is 3.84. The third-order valence-corrected chi connectivity index (χ3v) is 6.68. The number of hydrogen-bond acceptors (Lipinski definition) is 6. The van der Waals surface area contributed by atoms with Gasteiger partial charge in [-0.2, -0.15) is 0 Å². The number of pyridine rings is 1. The summed E-state index contributed by atoms with van der Waals surface area (Å²) in [5.41, 5.74) is 6.93. The topological polar surface area (TPSA) is 80.5 Å². The number of benzene rings is 1. The normalized spacial score (nSPS) is 15.4. The van der Waals surface area contributed by atoms with Crippen molar-refractivity contribution in [2.24, 2.45) is 5.92 Å². The predicted molar refractivity (Wildman–Crippen MR) is 122 cm³/mol. The smallest absolute Gasteiger partial charge is 0.265 e. The number of aromatic nitrogens is 1. The number of amides is 1. The quantitative estimate of drug-likeness (QED) is 0.628. The molecule has 0 saturated carbocycles. The zero-order valence-corrected chi connectivity index (χ0v) is 18.3. The molecule has 0 bridgehead atoms. The van der Waals surface area contributed by atoms with Gasteiger partial charge in [-0.05, 0) is 75.0 Å². The van der Waals surface area contributed by atoms with E-state index in [9.17, 15) is 4.79 Å². The standard InChI is InChI=1S/C23H28N4O2S/c1-15-11-20(29-14-16-6-9-27(2)10-7-16)21(30-15)23(28)26-13-17-3-4-19-18(12-17)5-8-25-22(19)24/h3-5,8,11-12,16H,6-7,9-10,13-14H2,1-2H3,(H2,24,25)(H,26,28). The van der Waals surface area contributed by atoms with Crippen molar-refractivity contribution in [3.05, 3.63) is 51.8 Å². The molecule has 0 spiro atoms. The Balaban J connectivity index is 1.39. The van der Waals surface area contributed by atoms with Crippen LogP contribution >= 0.6 is 11.3 Å². The molecule has 6 nitrogen and oxygen atoms in total. The Morgan fingerprint density at radius 2 is 2.10 bits per heavy atom. The van der Waals surface area contributed by atoms with Crippen LogP contribution in [0.25, 0.3) is 10.8 Å². The van der Waals surface area contributed by atoms with Gasteiger partial charge in [0.2, 0.25) is 0 Å². The van der Waals surface area contributed by atoms with E-state index in [2.05, 4.69) is 22.2 Å². The molecule has 3 aromatic rings. The van der Waals surface area contributed by atoms with Gasteiger partial charge in [0, 0.05) is 23.0 Å². The second-order valence-corrected chi connectivity index (χ2v) is 9.30. The fraction of sp³-hybridized carbons (Fsp3) is 0.391. The Morgan fingerprint density at radius 3 is 2.90 bits per heavy atom. The van der Waals surface area contributed by atoms with Crippen LogP contribution < -0.4 is 15.8 Å². The lowest BCUT2D eigenvalue weighted by molar-refractivity contribution is 0.0948. The summed E-state index contributed by atoms with van der Waals surface area (Å²) in [7, 11) is 2.16. The molecule has 30 heavy (non-hydrogen) atoms. The van der Waals surface area contributed by atoms with Crippen molar-refractivity contribution >= 4 is 33.8 Å². The Labute approximate surface area is 181 Å². The van der Waals surface area contributed by atoms with Crippen molar-refractivity contribution in [1.82, 2.24) is 15.2 Å². The Hall–Kier alpha value is -2.64. The van der Waals surface area contributed by atoms with Crippen LogP contribution in [-0.4, -0.2) is 42.5 Å². The second-order valence-electron chi connectivity index (χ2n) is 8.04. The van der Waals surface area contributed by atoms with Crippen LogP contribution in [0.15, 0.2) is 36.5 Å². The maximum atomic E-state index is 12.8. The molecular weight excluding hydrogens is 396 g/mol. The van der Waals surface area contributed by atoms with E-state index >= 15 is 0 Å². The van der Waals surface area contributed by atoms with Crippen molar-refractivity contribution < 1.29 is 9.53 Å². The number of carbonyl (C=O) groups excluding carboxylic acids is 1. The van der Waals surface area contributed by atoms with Gasteiger partial charge in [0.05, 0.1) is 6.61 Å². The van der Waals surface area contributed by atoms with Crippen molar-refractivity contribution in [2.75, 3.05) is 32.5 Å². The van der Waals surface area contributed by atoms with Crippen LogP contribution in [0.3, 0.4) is 0 Å². The molecule has 0 unspecified atom stereocenters. The summed E-state index contributed by atoms with van der Waals surface area (Å²) in [6.45, 7) is 5.34. The van der Waals surface area contributed by atoms with Gasteiger partial charge in [0.1, 0.15) is 16.4 Å². The van der Waals surface area contributed by atoms with E-state index < -0.39 is 0 Å². The first-order chi connectivity index (χ1) is 14.5. The number of nitrogens with one attached hydrogen (secondary N) is 1. The molecule has 3 N–H and O–H groups in total. The van der Waals surface area contributed by atoms with Gasteiger partial charge >= 0.3 is 0 Å². The number of thiophene rings is 1.